The molecule has 0 aromatic heterocycles. The van der Waals surface area contributed by atoms with Gasteiger partial charge in [0.05, 0.1) is 12.0 Å². The Hall–Kier alpha value is -0.510. The van der Waals surface area contributed by atoms with Crippen LogP contribution in [0.1, 0.15) is 12.8 Å². The average Bonchev–Trinajstić information content (AvgIpc) is 1.78. The molecular formula is C6H12O3S. The van der Waals surface area contributed by atoms with Gasteiger partial charge in [0.15, 0.2) is 0 Å². The second kappa shape index (κ2) is 4.33. The Kier molecular flexibility index (Phi) is 4.11. The molecule has 60 valence electrons. The fourth-order valence-corrected chi connectivity index (χ4v) is 1.23. The predicted octanol–water partition coefficient (Wildman–Crippen LogP) is 0.883. The molecular weight excluding hydrogens is 152 g/mol. The van der Waals surface area contributed by atoms with Gasteiger partial charge in [-0.2, -0.15) is 0 Å². The maximum absolute atomic E-state index is 10.5. The molecule has 0 saturated heterocycles. The summed E-state index contributed by atoms with van der Waals surface area (Å²) in [7, 11) is -2.82. The highest BCUT2D eigenvalue weighted by molar-refractivity contribution is 7.90. The van der Waals surface area contributed by atoms with Crippen LogP contribution >= 0.6 is 0 Å². The molecule has 0 bridgehead atoms. The van der Waals surface area contributed by atoms with E-state index in [0.717, 1.165) is 6.26 Å². The molecule has 0 saturated carbocycles. The molecule has 0 fully saturated rings. The fourth-order valence-electron chi connectivity index (χ4n) is 0.538. The van der Waals surface area contributed by atoms with E-state index in [4.69, 9.17) is 5.11 Å². The highest BCUT2D eigenvalue weighted by Gasteiger charge is 1.98. The van der Waals surface area contributed by atoms with Gasteiger partial charge in [0.25, 0.3) is 0 Å². The SMILES string of the molecule is CS(=O)(=O)CCCC=CO. The van der Waals surface area contributed by atoms with Gasteiger partial charge in [0, 0.05) is 6.26 Å². The van der Waals surface area contributed by atoms with Crippen molar-refractivity contribution in [2.24, 2.45) is 0 Å². The summed E-state index contributed by atoms with van der Waals surface area (Å²) in [5.74, 6) is 0.192. The summed E-state index contributed by atoms with van der Waals surface area (Å²) >= 11 is 0. The maximum atomic E-state index is 10.5. The predicted molar refractivity (Wildman–Crippen MR) is 40.7 cm³/mol. The molecule has 3 nitrogen and oxygen atoms in total. The van der Waals surface area contributed by atoms with Gasteiger partial charge >= 0.3 is 0 Å². The van der Waals surface area contributed by atoms with E-state index in [1.165, 1.54) is 12.3 Å². The maximum Gasteiger partial charge on any atom is 0.147 e. The van der Waals surface area contributed by atoms with Crippen molar-refractivity contribution in [1.29, 1.82) is 0 Å². The van der Waals surface area contributed by atoms with E-state index in [2.05, 4.69) is 0 Å². The van der Waals surface area contributed by atoms with Gasteiger partial charge in [-0.3, -0.25) is 0 Å². The first-order valence-corrected chi connectivity index (χ1v) is 5.09. The molecule has 0 aromatic carbocycles. The van der Waals surface area contributed by atoms with Crippen molar-refractivity contribution in [2.45, 2.75) is 12.8 Å². The number of allylic oxidation sites excluding steroid dienone is 1. The fraction of sp³-hybridized carbons (Fsp3) is 0.667. The largest absolute Gasteiger partial charge is 0.516 e. The average molecular weight is 164 g/mol. The Morgan fingerprint density at radius 2 is 2.10 bits per heavy atom. The molecule has 0 atom stereocenters. The first-order chi connectivity index (χ1) is 4.56. The van der Waals surface area contributed by atoms with Crippen LogP contribution in [0.15, 0.2) is 12.3 Å². The van der Waals surface area contributed by atoms with E-state index in [1.54, 1.807) is 0 Å². The molecule has 0 amide bonds. The van der Waals surface area contributed by atoms with Crippen molar-refractivity contribution in [3.05, 3.63) is 12.3 Å². The lowest BCUT2D eigenvalue weighted by atomic mass is 10.3. The van der Waals surface area contributed by atoms with Crippen LogP contribution < -0.4 is 0 Å². The van der Waals surface area contributed by atoms with Gasteiger partial charge < -0.3 is 5.11 Å². The minimum atomic E-state index is -2.82. The van der Waals surface area contributed by atoms with E-state index in [9.17, 15) is 8.42 Å². The van der Waals surface area contributed by atoms with Crippen molar-refractivity contribution in [2.75, 3.05) is 12.0 Å². The van der Waals surface area contributed by atoms with E-state index in [-0.39, 0.29) is 5.75 Å². The van der Waals surface area contributed by atoms with Crippen LogP contribution in [0, 0.1) is 0 Å². The first kappa shape index (κ1) is 9.49. The van der Waals surface area contributed by atoms with Gasteiger partial charge in [0.1, 0.15) is 9.84 Å². The number of sulfone groups is 1. The summed E-state index contributed by atoms with van der Waals surface area (Å²) < 4.78 is 21.0. The molecule has 0 radical (unpaired) electrons. The molecule has 0 heterocycles. The van der Waals surface area contributed by atoms with E-state index in [0.29, 0.717) is 12.8 Å². The third kappa shape index (κ3) is 7.49. The van der Waals surface area contributed by atoms with Crippen LogP contribution in [0.5, 0.6) is 0 Å². The van der Waals surface area contributed by atoms with Crippen molar-refractivity contribution in [3.8, 4) is 0 Å². The Labute approximate surface area is 61.3 Å². The summed E-state index contributed by atoms with van der Waals surface area (Å²) in [5.41, 5.74) is 0. The van der Waals surface area contributed by atoms with Crippen LogP contribution in [-0.2, 0) is 9.84 Å². The standard InChI is InChI=1S/C6H12O3S/c1-10(8,9)6-4-2-3-5-7/h3,5,7H,2,4,6H2,1H3. The Balaban J connectivity index is 3.39. The minimum Gasteiger partial charge on any atom is -0.516 e. The van der Waals surface area contributed by atoms with E-state index < -0.39 is 9.84 Å². The second-order valence-corrected chi connectivity index (χ2v) is 4.42. The van der Waals surface area contributed by atoms with E-state index >= 15 is 0 Å². The topological polar surface area (TPSA) is 54.4 Å². The Bertz CT molecular complexity index is 191. The van der Waals surface area contributed by atoms with Gasteiger partial charge in [-0.15, -0.1) is 0 Å². The highest BCUT2D eigenvalue weighted by atomic mass is 32.2. The van der Waals surface area contributed by atoms with Crippen LogP contribution in [0.25, 0.3) is 0 Å². The third-order valence-corrected chi connectivity index (χ3v) is 2.02. The molecule has 1 N–H and O–H groups in total. The van der Waals surface area contributed by atoms with Gasteiger partial charge in [-0.1, -0.05) is 6.08 Å². The minimum absolute atomic E-state index is 0.192. The number of hydrogen-bond donors (Lipinski definition) is 1. The monoisotopic (exact) mass is 164 g/mol. The smallest absolute Gasteiger partial charge is 0.147 e. The zero-order valence-electron chi connectivity index (χ0n) is 5.95. The summed E-state index contributed by atoms with van der Waals surface area (Å²) in [6, 6.07) is 0. The molecule has 0 aliphatic carbocycles. The molecule has 0 spiro atoms. The molecule has 0 rings (SSSR count). The zero-order valence-corrected chi connectivity index (χ0v) is 6.76. The lowest BCUT2D eigenvalue weighted by Crippen LogP contribution is -2.01. The summed E-state index contributed by atoms with van der Waals surface area (Å²) in [6.07, 6.45) is 4.86. The molecule has 0 aromatic rings. The first-order valence-electron chi connectivity index (χ1n) is 3.03. The molecule has 4 heteroatoms. The van der Waals surface area contributed by atoms with Crippen LogP contribution in [0.3, 0.4) is 0 Å². The van der Waals surface area contributed by atoms with E-state index in [1.807, 2.05) is 0 Å². The van der Waals surface area contributed by atoms with Crippen molar-refractivity contribution < 1.29 is 13.5 Å². The molecule has 0 unspecified atom stereocenters. The van der Waals surface area contributed by atoms with Crippen molar-refractivity contribution >= 4 is 9.84 Å². The van der Waals surface area contributed by atoms with Crippen molar-refractivity contribution in [3.63, 3.8) is 0 Å². The van der Waals surface area contributed by atoms with Crippen LogP contribution in [-0.4, -0.2) is 25.5 Å². The van der Waals surface area contributed by atoms with Gasteiger partial charge in [-0.25, -0.2) is 8.42 Å². The number of hydrogen-bond acceptors (Lipinski definition) is 3. The number of unbranched alkanes of at least 4 members (excludes halogenated alkanes) is 1. The zero-order chi connectivity index (χ0) is 8.04. The van der Waals surface area contributed by atoms with Crippen LogP contribution in [0.4, 0.5) is 0 Å². The Morgan fingerprint density at radius 3 is 2.50 bits per heavy atom. The molecule has 10 heavy (non-hydrogen) atoms. The van der Waals surface area contributed by atoms with Crippen molar-refractivity contribution in [1.82, 2.24) is 0 Å². The highest BCUT2D eigenvalue weighted by Crippen LogP contribution is 1.94. The van der Waals surface area contributed by atoms with Gasteiger partial charge in [0.2, 0.25) is 0 Å². The number of rotatable bonds is 4. The lowest BCUT2D eigenvalue weighted by molar-refractivity contribution is 0.470. The lowest BCUT2D eigenvalue weighted by Gasteiger charge is -1.92. The number of aliphatic hydroxyl groups excluding tert-OH is 1. The number of aliphatic hydroxyl groups is 1. The quantitative estimate of drug-likeness (QED) is 0.495. The summed E-state index contributed by atoms with van der Waals surface area (Å²) in [6.45, 7) is 0. The second-order valence-electron chi connectivity index (χ2n) is 2.16. The Morgan fingerprint density at radius 1 is 1.50 bits per heavy atom. The summed E-state index contributed by atoms with van der Waals surface area (Å²) in [4.78, 5) is 0. The van der Waals surface area contributed by atoms with Crippen LogP contribution in [0.2, 0.25) is 0 Å². The molecule has 0 aliphatic rings. The molecule has 0 aliphatic heterocycles. The normalized spacial score (nSPS) is 12.5. The van der Waals surface area contributed by atoms with Gasteiger partial charge in [-0.05, 0) is 12.8 Å². The summed E-state index contributed by atoms with van der Waals surface area (Å²) in [5, 5.41) is 8.17. The third-order valence-electron chi connectivity index (χ3n) is 0.991.